The van der Waals surface area contributed by atoms with Crippen LogP contribution in [-0.2, 0) is 35.8 Å². The largest absolute Gasteiger partial charge is 0.416 e. The summed E-state index contributed by atoms with van der Waals surface area (Å²) < 4.78 is 94.9. The molecule has 13 heteroatoms. The number of alkyl halides is 6. The maximum absolute atomic E-state index is 14.4. The summed E-state index contributed by atoms with van der Waals surface area (Å²) in [6.07, 6.45) is -9.20. The summed E-state index contributed by atoms with van der Waals surface area (Å²) in [4.78, 5) is 26.2. The van der Waals surface area contributed by atoms with Crippen molar-refractivity contribution in [3.8, 4) is 11.4 Å². The third-order valence-corrected chi connectivity index (χ3v) is 6.34. The molecule has 1 N–H and O–H groups in total. The number of hydrogen-bond donors (Lipinski definition) is 1. The van der Waals surface area contributed by atoms with Gasteiger partial charge in [0.05, 0.1) is 23.2 Å². The molecule has 0 bridgehead atoms. The number of nitrogens with zero attached hydrogens (tertiary/aromatic N) is 3. The van der Waals surface area contributed by atoms with Gasteiger partial charge in [-0.2, -0.15) is 26.3 Å². The van der Waals surface area contributed by atoms with Crippen LogP contribution < -0.4 is 11.0 Å². The molecule has 3 aromatic carbocycles. The number of rotatable bonds is 7. The highest BCUT2D eigenvalue weighted by molar-refractivity contribution is 5.76. The summed E-state index contributed by atoms with van der Waals surface area (Å²) in [6.45, 7) is 1.96. The smallest absolute Gasteiger partial charge is 0.346 e. The molecule has 41 heavy (non-hydrogen) atoms. The van der Waals surface area contributed by atoms with E-state index in [0.29, 0.717) is 0 Å². The topological polar surface area (TPSA) is 68.9 Å². The van der Waals surface area contributed by atoms with Gasteiger partial charge in [0.2, 0.25) is 5.91 Å². The fourth-order valence-corrected chi connectivity index (χ4v) is 4.19. The van der Waals surface area contributed by atoms with Crippen LogP contribution in [0.3, 0.4) is 0 Å². The Hall–Kier alpha value is -4.42. The quantitative estimate of drug-likeness (QED) is 0.273. The van der Waals surface area contributed by atoms with Crippen molar-refractivity contribution in [2.75, 3.05) is 0 Å². The van der Waals surface area contributed by atoms with Gasteiger partial charge in [-0.05, 0) is 49.7 Å². The zero-order valence-corrected chi connectivity index (χ0v) is 21.6. The molecular formula is C28H23F7N4O2. The lowest BCUT2D eigenvalue weighted by Gasteiger charge is -2.27. The van der Waals surface area contributed by atoms with Gasteiger partial charge in [0.1, 0.15) is 12.4 Å². The molecule has 0 unspecified atom stereocenters. The average Bonchev–Trinajstić information content (AvgIpc) is 3.18. The zero-order valence-electron chi connectivity index (χ0n) is 21.6. The second kappa shape index (κ2) is 10.9. The second-order valence-corrected chi connectivity index (χ2v) is 9.77. The van der Waals surface area contributed by atoms with E-state index in [1.165, 1.54) is 50.2 Å². The lowest BCUT2D eigenvalue weighted by atomic mass is 9.92. The van der Waals surface area contributed by atoms with Crippen molar-refractivity contribution in [1.29, 1.82) is 0 Å². The van der Waals surface area contributed by atoms with Gasteiger partial charge in [0, 0.05) is 11.1 Å². The molecule has 4 aromatic rings. The monoisotopic (exact) mass is 580 g/mol. The Kier molecular flexibility index (Phi) is 7.83. The van der Waals surface area contributed by atoms with E-state index < -0.39 is 53.0 Å². The van der Waals surface area contributed by atoms with Gasteiger partial charge in [-0.15, -0.1) is 5.10 Å². The molecule has 0 aliphatic heterocycles. The molecule has 1 heterocycles. The van der Waals surface area contributed by atoms with Crippen LogP contribution in [0, 0.1) is 5.82 Å². The molecule has 1 amide bonds. The van der Waals surface area contributed by atoms with E-state index in [2.05, 4.69) is 10.4 Å². The number of carbonyl (C=O) groups excluding carboxylic acids is 1. The third-order valence-electron chi connectivity index (χ3n) is 6.34. The van der Waals surface area contributed by atoms with Crippen LogP contribution in [0.15, 0.2) is 77.6 Å². The molecule has 0 atom stereocenters. The minimum Gasteiger partial charge on any atom is -0.346 e. The predicted molar refractivity (Wildman–Crippen MR) is 135 cm³/mol. The molecule has 6 nitrogen and oxygen atoms in total. The van der Waals surface area contributed by atoms with E-state index >= 15 is 0 Å². The van der Waals surface area contributed by atoms with E-state index in [-0.39, 0.29) is 29.1 Å². The minimum absolute atomic E-state index is 0.0949. The summed E-state index contributed by atoms with van der Waals surface area (Å²) >= 11 is 0. The van der Waals surface area contributed by atoms with E-state index in [9.17, 15) is 40.3 Å². The fraction of sp³-hybridized carbons (Fsp3) is 0.250. The van der Waals surface area contributed by atoms with Crippen LogP contribution in [0.5, 0.6) is 0 Å². The Morgan fingerprint density at radius 2 is 1.44 bits per heavy atom. The molecule has 0 fully saturated rings. The standard InChI is InChI=1S/C28H23F7N4O2/c1-26(2,20-7-5-8-21(14-20)28(33,34)35)36-23(40)16-39-25(41)38(15-18-6-3-4-9-22(18)29)24(37-39)17-10-12-19(13-11-17)27(30,31)32/h3-14H,15-16H2,1-2H3,(H,36,40). The maximum atomic E-state index is 14.4. The van der Waals surface area contributed by atoms with Crippen LogP contribution in [-0.4, -0.2) is 20.3 Å². The molecule has 0 aliphatic rings. The third kappa shape index (κ3) is 6.67. The fourth-order valence-electron chi connectivity index (χ4n) is 4.19. The van der Waals surface area contributed by atoms with Gasteiger partial charge in [0.25, 0.3) is 0 Å². The summed E-state index contributed by atoms with van der Waals surface area (Å²) in [5, 5.41) is 6.72. The van der Waals surface area contributed by atoms with Gasteiger partial charge < -0.3 is 5.32 Å². The zero-order chi connectivity index (χ0) is 30.2. The molecule has 216 valence electrons. The van der Waals surface area contributed by atoms with Crippen molar-refractivity contribution >= 4 is 5.91 Å². The molecule has 0 spiro atoms. The summed E-state index contributed by atoms with van der Waals surface area (Å²) in [5.74, 6) is -1.52. The Labute approximate surface area is 229 Å². The highest BCUT2D eigenvalue weighted by Crippen LogP contribution is 2.32. The molecule has 0 saturated carbocycles. The Morgan fingerprint density at radius 3 is 2.05 bits per heavy atom. The van der Waals surface area contributed by atoms with Gasteiger partial charge in [-0.1, -0.05) is 42.5 Å². The van der Waals surface area contributed by atoms with E-state index in [1.54, 1.807) is 0 Å². The molecule has 0 saturated heterocycles. The van der Waals surface area contributed by atoms with Crippen molar-refractivity contribution in [2.45, 2.75) is 44.8 Å². The summed E-state index contributed by atoms with van der Waals surface area (Å²) in [5.41, 5.74) is -3.61. The van der Waals surface area contributed by atoms with Crippen molar-refractivity contribution in [1.82, 2.24) is 19.7 Å². The van der Waals surface area contributed by atoms with Gasteiger partial charge in [0.15, 0.2) is 5.82 Å². The van der Waals surface area contributed by atoms with Crippen LogP contribution >= 0.6 is 0 Å². The van der Waals surface area contributed by atoms with Crippen LogP contribution in [0.25, 0.3) is 11.4 Å². The Bertz CT molecular complexity index is 1620. The summed E-state index contributed by atoms with van der Waals surface area (Å²) in [7, 11) is 0. The van der Waals surface area contributed by atoms with Crippen LogP contribution in [0.4, 0.5) is 30.7 Å². The van der Waals surface area contributed by atoms with E-state index in [1.807, 2.05) is 0 Å². The Morgan fingerprint density at radius 1 is 0.829 bits per heavy atom. The van der Waals surface area contributed by atoms with Crippen molar-refractivity contribution in [2.24, 2.45) is 0 Å². The summed E-state index contributed by atoms with van der Waals surface area (Å²) in [6, 6.07) is 13.8. The highest BCUT2D eigenvalue weighted by Gasteiger charge is 2.33. The van der Waals surface area contributed by atoms with Crippen molar-refractivity contribution in [3.05, 3.63) is 111 Å². The maximum Gasteiger partial charge on any atom is 0.416 e. The Balaban J connectivity index is 1.66. The molecular weight excluding hydrogens is 557 g/mol. The first-order valence-electron chi connectivity index (χ1n) is 12.1. The first-order chi connectivity index (χ1) is 19.1. The van der Waals surface area contributed by atoms with Crippen LogP contribution in [0.2, 0.25) is 0 Å². The SMILES string of the molecule is CC(C)(NC(=O)Cn1nc(-c2ccc(C(F)(F)F)cc2)n(Cc2ccccc2F)c1=O)c1cccc(C(F)(F)F)c1. The molecule has 4 rings (SSSR count). The van der Waals surface area contributed by atoms with E-state index in [0.717, 1.165) is 45.6 Å². The first-order valence-corrected chi connectivity index (χ1v) is 12.1. The van der Waals surface area contributed by atoms with Crippen LogP contribution in [0.1, 0.15) is 36.1 Å². The number of nitrogens with one attached hydrogen (secondary N) is 1. The first kappa shape index (κ1) is 29.6. The number of halogens is 7. The number of aromatic nitrogens is 3. The van der Waals surface area contributed by atoms with Gasteiger partial charge in [-0.25, -0.2) is 13.9 Å². The number of hydrogen-bond acceptors (Lipinski definition) is 3. The normalized spacial score (nSPS) is 12.4. The molecule has 1 aromatic heterocycles. The van der Waals surface area contributed by atoms with E-state index in [4.69, 9.17) is 0 Å². The molecule has 0 aliphatic carbocycles. The minimum atomic E-state index is -4.60. The van der Waals surface area contributed by atoms with Gasteiger partial charge in [-0.3, -0.25) is 9.36 Å². The van der Waals surface area contributed by atoms with Crippen molar-refractivity contribution < 1.29 is 35.5 Å². The lowest BCUT2D eigenvalue weighted by molar-refractivity contribution is -0.138. The predicted octanol–water partition coefficient (Wildman–Crippen LogP) is 5.99. The second-order valence-electron chi connectivity index (χ2n) is 9.77. The van der Waals surface area contributed by atoms with Crippen molar-refractivity contribution in [3.63, 3.8) is 0 Å². The number of benzene rings is 3. The number of carbonyl (C=O) groups is 1. The lowest BCUT2D eigenvalue weighted by Crippen LogP contribution is -2.44. The number of amides is 1. The average molecular weight is 581 g/mol. The highest BCUT2D eigenvalue weighted by atomic mass is 19.4. The van der Waals surface area contributed by atoms with Gasteiger partial charge >= 0.3 is 18.0 Å². The molecule has 0 radical (unpaired) electrons.